The number of aliphatic imine (C=N–C) groups is 2. The van der Waals surface area contributed by atoms with Crippen LogP contribution < -0.4 is 11.1 Å². The van der Waals surface area contributed by atoms with Gasteiger partial charge in [0.15, 0.2) is 5.84 Å². The van der Waals surface area contributed by atoms with Crippen molar-refractivity contribution >= 4 is 18.5 Å². The van der Waals surface area contributed by atoms with E-state index in [9.17, 15) is 13.2 Å². The third-order valence-electron chi connectivity index (χ3n) is 3.86. The lowest BCUT2D eigenvalue weighted by Gasteiger charge is -2.18. The Hall–Kier alpha value is -2.84. The molecule has 0 aromatic heterocycles. The molecule has 1 aliphatic carbocycles. The van der Waals surface area contributed by atoms with Gasteiger partial charge in [0, 0.05) is 11.8 Å². The summed E-state index contributed by atoms with van der Waals surface area (Å²) in [5.74, 6) is -0.0565. The molecule has 0 heterocycles. The van der Waals surface area contributed by atoms with Crippen LogP contribution in [0.4, 0.5) is 13.2 Å². The molecular formula is C16H18F3N5O. The van der Waals surface area contributed by atoms with Crippen LogP contribution in [-0.2, 0) is 11.7 Å². The average Bonchev–Trinajstić information content (AvgIpc) is 3.37. The molecule has 1 fully saturated rings. The van der Waals surface area contributed by atoms with Gasteiger partial charge in [-0.2, -0.15) is 13.2 Å². The number of rotatable bonds is 4. The zero-order valence-corrected chi connectivity index (χ0v) is 13.5. The largest absolute Gasteiger partial charge is 0.416 e. The van der Waals surface area contributed by atoms with E-state index in [1.54, 1.807) is 13.0 Å². The molecule has 0 bridgehead atoms. The molecule has 0 spiro atoms. The van der Waals surface area contributed by atoms with E-state index in [0.29, 0.717) is 18.4 Å². The number of benzene rings is 1. The Morgan fingerprint density at radius 2 is 2.00 bits per heavy atom. The maximum absolute atomic E-state index is 13.2. The fraction of sp³-hybridized carbons (Fsp3) is 0.312. The van der Waals surface area contributed by atoms with Crippen LogP contribution >= 0.6 is 0 Å². The molecule has 0 aliphatic heterocycles. The quantitative estimate of drug-likeness (QED) is 0.336. The number of nitrogens with one attached hydrogen (secondary N) is 1. The van der Waals surface area contributed by atoms with Crippen LogP contribution in [0.1, 0.15) is 30.9 Å². The number of halogens is 3. The third kappa shape index (κ3) is 4.17. The van der Waals surface area contributed by atoms with Crippen molar-refractivity contribution < 1.29 is 18.4 Å². The van der Waals surface area contributed by atoms with Crippen LogP contribution in [0.25, 0.3) is 0 Å². The van der Waals surface area contributed by atoms with Crippen LogP contribution in [0.5, 0.6) is 0 Å². The molecule has 1 aliphatic rings. The second-order valence-electron chi connectivity index (χ2n) is 5.63. The molecule has 2 rings (SSSR count). The number of hydrogen-bond donors (Lipinski definition) is 3. The molecule has 134 valence electrons. The lowest BCUT2D eigenvalue weighted by Crippen LogP contribution is -2.23. The summed E-state index contributed by atoms with van der Waals surface area (Å²) < 4.78 is 39.7. The van der Waals surface area contributed by atoms with Crippen LogP contribution in [0.3, 0.4) is 0 Å². The minimum absolute atomic E-state index is 0.0552. The predicted octanol–water partition coefficient (Wildman–Crippen LogP) is 2.99. The molecule has 6 nitrogen and oxygen atoms in total. The Balaban J connectivity index is 2.34. The molecule has 1 aromatic carbocycles. The smallest absolute Gasteiger partial charge is 0.409 e. The van der Waals surface area contributed by atoms with Crippen LogP contribution in [0.2, 0.25) is 0 Å². The number of alkyl halides is 3. The van der Waals surface area contributed by atoms with Crippen molar-refractivity contribution in [2.45, 2.75) is 31.5 Å². The summed E-state index contributed by atoms with van der Waals surface area (Å²) in [6, 6.07) is 5.37. The molecule has 1 saturated carbocycles. The first-order chi connectivity index (χ1) is 11.7. The van der Waals surface area contributed by atoms with E-state index in [1.807, 2.05) is 0 Å². The number of guanidine groups is 1. The fourth-order valence-electron chi connectivity index (χ4n) is 2.34. The number of amidine groups is 1. The van der Waals surface area contributed by atoms with Gasteiger partial charge in [0.25, 0.3) is 0 Å². The van der Waals surface area contributed by atoms with Gasteiger partial charge in [-0.1, -0.05) is 23.4 Å². The van der Waals surface area contributed by atoms with Crippen molar-refractivity contribution in [3.8, 4) is 0 Å². The third-order valence-corrected chi connectivity index (χ3v) is 3.86. The number of nitrogens with zero attached hydrogens (tertiary/aromatic N) is 3. The van der Waals surface area contributed by atoms with Gasteiger partial charge in [0.1, 0.15) is 0 Å². The molecule has 1 aromatic rings. The summed E-state index contributed by atoms with van der Waals surface area (Å²) in [5, 5.41) is 14.2. The summed E-state index contributed by atoms with van der Waals surface area (Å²) in [4.78, 5) is 8.04. The highest BCUT2D eigenvalue weighted by atomic mass is 19.4. The summed E-state index contributed by atoms with van der Waals surface area (Å²) >= 11 is 0. The Morgan fingerprint density at radius 1 is 1.36 bits per heavy atom. The van der Waals surface area contributed by atoms with E-state index in [0.717, 1.165) is 6.07 Å². The molecule has 4 N–H and O–H groups in total. The minimum Gasteiger partial charge on any atom is -0.409 e. The monoisotopic (exact) mass is 353 g/mol. The van der Waals surface area contributed by atoms with Crippen LogP contribution in [-0.4, -0.2) is 23.7 Å². The zero-order valence-electron chi connectivity index (χ0n) is 13.5. The van der Waals surface area contributed by atoms with Crippen molar-refractivity contribution in [3.05, 3.63) is 47.2 Å². The molecule has 25 heavy (non-hydrogen) atoms. The van der Waals surface area contributed by atoms with Gasteiger partial charge in [-0.15, -0.1) is 0 Å². The lowest BCUT2D eigenvalue weighted by atomic mass is 9.98. The van der Waals surface area contributed by atoms with Gasteiger partial charge in [-0.3, -0.25) is 0 Å². The summed E-state index contributed by atoms with van der Waals surface area (Å²) in [6.45, 7) is 4.95. The number of hydrogen-bond acceptors (Lipinski definition) is 3. The van der Waals surface area contributed by atoms with E-state index in [2.05, 4.69) is 27.2 Å². The maximum atomic E-state index is 13.2. The topological polar surface area (TPSA) is 95.4 Å². The highest BCUT2D eigenvalue weighted by Gasteiger charge is 2.49. The van der Waals surface area contributed by atoms with Crippen molar-refractivity contribution in [2.75, 3.05) is 0 Å². The molecule has 0 amide bonds. The Labute approximate surface area is 142 Å². The molecule has 0 saturated heterocycles. The van der Waals surface area contributed by atoms with Gasteiger partial charge in [-0.25, -0.2) is 9.98 Å². The first-order valence-corrected chi connectivity index (χ1v) is 7.38. The van der Waals surface area contributed by atoms with Gasteiger partial charge >= 0.3 is 6.18 Å². The minimum atomic E-state index is -4.46. The summed E-state index contributed by atoms with van der Waals surface area (Å²) in [6.07, 6.45) is -2.12. The lowest BCUT2D eigenvalue weighted by molar-refractivity contribution is -0.138. The normalized spacial score (nSPS) is 18.0. The van der Waals surface area contributed by atoms with Crippen molar-refractivity contribution in [1.82, 2.24) is 5.32 Å². The zero-order chi connectivity index (χ0) is 18.7. The van der Waals surface area contributed by atoms with Crippen molar-refractivity contribution in [1.29, 1.82) is 0 Å². The van der Waals surface area contributed by atoms with Crippen molar-refractivity contribution in [2.24, 2.45) is 20.9 Å². The van der Waals surface area contributed by atoms with E-state index in [4.69, 9.17) is 10.9 Å². The Kier molecular flexibility index (Phi) is 5.15. The highest BCUT2D eigenvalue weighted by molar-refractivity contribution is 5.96. The predicted molar refractivity (Wildman–Crippen MR) is 89.6 cm³/mol. The Bertz CT molecular complexity index is 748. The molecular weight excluding hydrogens is 335 g/mol. The van der Waals surface area contributed by atoms with Crippen molar-refractivity contribution in [3.63, 3.8) is 0 Å². The van der Waals surface area contributed by atoms with E-state index in [1.165, 1.54) is 18.3 Å². The second kappa shape index (κ2) is 6.96. The first kappa shape index (κ1) is 18.5. The standard InChI is InChI=1S/C16H18F3N5O/c1-10(13(20)24-25)9-22-14(21-2)23-15(7-8-15)11-5-3-4-6-12(11)16(17,18)19/h3-6,9,25H,2,7-8H2,1H3,(H2,20,24)(H,22,23)/b10-9+. The van der Waals surface area contributed by atoms with E-state index >= 15 is 0 Å². The fourth-order valence-corrected chi connectivity index (χ4v) is 2.34. The Morgan fingerprint density at radius 3 is 2.52 bits per heavy atom. The summed E-state index contributed by atoms with van der Waals surface area (Å²) in [7, 11) is 0. The number of oxime groups is 1. The highest BCUT2D eigenvalue weighted by Crippen LogP contribution is 2.53. The van der Waals surface area contributed by atoms with Gasteiger partial charge < -0.3 is 16.3 Å². The first-order valence-electron chi connectivity index (χ1n) is 7.38. The number of nitrogens with two attached hydrogens (primary N) is 1. The molecule has 0 atom stereocenters. The van der Waals surface area contributed by atoms with Gasteiger partial charge in [0.05, 0.1) is 11.1 Å². The second-order valence-corrected chi connectivity index (χ2v) is 5.63. The van der Waals surface area contributed by atoms with Gasteiger partial charge in [0.2, 0.25) is 5.96 Å². The van der Waals surface area contributed by atoms with Crippen LogP contribution in [0, 0.1) is 0 Å². The maximum Gasteiger partial charge on any atom is 0.416 e. The SMILES string of the molecule is C=NC(=NC1(c2ccccc2C(F)(F)F)CC1)N/C=C(\C)C(N)=NO. The average molecular weight is 353 g/mol. The van der Waals surface area contributed by atoms with Crippen LogP contribution in [0.15, 0.2) is 51.2 Å². The molecule has 9 heteroatoms. The summed E-state index contributed by atoms with van der Waals surface area (Å²) in [5.41, 5.74) is 4.26. The van der Waals surface area contributed by atoms with E-state index in [-0.39, 0.29) is 17.4 Å². The van der Waals surface area contributed by atoms with Gasteiger partial charge in [-0.05, 0) is 38.1 Å². The van der Waals surface area contributed by atoms with E-state index < -0.39 is 17.3 Å². The molecule has 0 unspecified atom stereocenters. The molecule has 0 radical (unpaired) electrons.